The third-order valence-electron chi connectivity index (χ3n) is 3.24. The van der Waals surface area contributed by atoms with Crippen molar-refractivity contribution in [3.63, 3.8) is 0 Å². The van der Waals surface area contributed by atoms with Crippen molar-refractivity contribution in [3.8, 4) is 0 Å². The number of carboxylic acids is 1. The highest BCUT2D eigenvalue weighted by Crippen LogP contribution is 2.32. The maximum Gasteiger partial charge on any atom is 0.326 e. The molecule has 6 heteroatoms. The molecule has 1 fully saturated rings. The van der Waals surface area contributed by atoms with Gasteiger partial charge >= 0.3 is 12.0 Å². The Kier molecular flexibility index (Phi) is 3.98. The molecule has 98 valence electrons. The Labute approximate surface area is 101 Å². The summed E-state index contributed by atoms with van der Waals surface area (Å²) in [6.45, 7) is 3.23. The molecule has 3 N–H and O–H groups in total. The number of aliphatic carboxylic acids is 1. The summed E-state index contributed by atoms with van der Waals surface area (Å²) in [6, 6.07) is -1.29. The molecule has 1 unspecified atom stereocenters. The largest absolute Gasteiger partial charge is 0.480 e. The Morgan fingerprint density at radius 1 is 1.47 bits per heavy atom. The summed E-state index contributed by atoms with van der Waals surface area (Å²) in [4.78, 5) is 24.1. The minimum Gasteiger partial charge on any atom is -0.480 e. The highest BCUT2D eigenvalue weighted by atomic mass is 16.4. The molecule has 1 aliphatic carbocycles. The van der Waals surface area contributed by atoms with Gasteiger partial charge in [-0.2, -0.15) is 0 Å². The van der Waals surface area contributed by atoms with Crippen molar-refractivity contribution < 1.29 is 19.8 Å². The Morgan fingerprint density at radius 2 is 2.00 bits per heavy atom. The SMILES string of the molecule is CN(C(=O)NC(C(=O)O)C1CC1)C(C)(C)CO. The number of aliphatic hydroxyl groups is 1. The van der Waals surface area contributed by atoms with Gasteiger partial charge in [-0.25, -0.2) is 9.59 Å². The van der Waals surface area contributed by atoms with Crippen molar-refractivity contribution >= 4 is 12.0 Å². The lowest BCUT2D eigenvalue weighted by Crippen LogP contribution is -2.55. The average Bonchev–Trinajstić information content (AvgIpc) is 3.07. The van der Waals surface area contributed by atoms with Gasteiger partial charge in [-0.1, -0.05) is 0 Å². The second-order valence-corrected chi connectivity index (χ2v) is 5.13. The van der Waals surface area contributed by atoms with Crippen LogP contribution in [-0.4, -0.2) is 52.3 Å². The zero-order valence-electron chi connectivity index (χ0n) is 10.4. The second kappa shape index (κ2) is 4.91. The van der Waals surface area contributed by atoms with E-state index >= 15 is 0 Å². The molecular weight excluding hydrogens is 224 g/mol. The van der Waals surface area contributed by atoms with Crippen molar-refractivity contribution in [2.75, 3.05) is 13.7 Å². The summed E-state index contributed by atoms with van der Waals surface area (Å²) < 4.78 is 0. The maximum atomic E-state index is 11.8. The molecule has 0 radical (unpaired) electrons. The fourth-order valence-corrected chi connectivity index (χ4v) is 1.42. The van der Waals surface area contributed by atoms with Gasteiger partial charge in [0.25, 0.3) is 0 Å². The summed E-state index contributed by atoms with van der Waals surface area (Å²) in [7, 11) is 1.54. The summed E-state index contributed by atoms with van der Waals surface area (Å²) >= 11 is 0. The van der Waals surface area contributed by atoms with Crippen molar-refractivity contribution in [2.45, 2.75) is 38.3 Å². The number of carbonyl (C=O) groups excluding carboxylic acids is 1. The smallest absolute Gasteiger partial charge is 0.326 e. The first-order chi connectivity index (χ1) is 7.79. The monoisotopic (exact) mass is 244 g/mol. The van der Waals surface area contributed by atoms with Gasteiger partial charge in [-0.05, 0) is 32.6 Å². The third kappa shape index (κ3) is 3.33. The zero-order chi connectivity index (χ0) is 13.2. The van der Waals surface area contributed by atoms with Gasteiger partial charge in [0.05, 0.1) is 12.1 Å². The normalized spacial score (nSPS) is 17.4. The van der Waals surface area contributed by atoms with Crippen molar-refractivity contribution in [2.24, 2.45) is 5.92 Å². The van der Waals surface area contributed by atoms with Gasteiger partial charge in [0.15, 0.2) is 0 Å². The van der Waals surface area contributed by atoms with E-state index < -0.39 is 23.6 Å². The Hall–Kier alpha value is -1.30. The van der Waals surface area contributed by atoms with E-state index in [4.69, 9.17) is 10.2 Å². The number of carbonyl (C=O) groups is 2. The molecule has 6 nitrogen and oxygen atoms in total. The van der Waals surface area contributed by atoms with E-state index in [1.165, 1.54) is 11.9 Å². The molecule has 1 aliphatic rings. The molecule has 0 aliphatic heterocycles. The van der Waals surface area contributed by atoms with Crippen molar-refractivity contribution in [1.82, 2.24) is 10.2 Å². The molecule has 17 heavy (non-hydrogen) atoms. The minimum absolute atomic E-state index is 0.0436. The zero-order valence-corrected chi connectivity index (χ0v) is 10.4. The van der Waals surface area contributed by atoms with Crippen LogP contribution in [0.4, 0.5) is 4.79 Å². The number of likely N-dealkylation sites (N-methyl/N-ethyl adjacent to an activating group) is 1. The Morgan fingerprint density at radius 3 is 2.35 bits per heavy atom. The second-order valence-electron chi connectivity index (χ2n) is 5.13. The summed E-state index contributed by atoms with van der Waals surface area (Å²) in [6.07, 6.45) is 1.68. The Balaban J connectivity index is 2.61. The predicted molar refractivity (Wildman–Crippen MR) is 61.6 cm³/mol. The summed E-state index contributed by atoms with van der Waals surface area (Å²) in [5.41, 5.74) is -0.712. The maximum absolute atomic E-state index is 11.8. The molecule has 0 heterocycles. The van der Waals surface area contributed by atoms with Crippen LogP contribution in [0.1, 0.15) is 26.7 Å². The number of nitrogens with zero attached hydrogens (tertiary/aromatic N) is 1. The summed E-state index contributed by atoms with van der Waals surface area (Å²) in [5, 5.41) is 20.6. The van der Waals surface area contributed by atoms with Crippen LogP contribution < -0.4 is 5.32 Å². The number of carboxylic acid groups (broad SMARTS) is 1. The molecule has 0 spiro atoms. The van der Waals surface area contributed by atoms with E-state index in [-0.39, 0.29) is 12.5 Å². The molecule has 0 saturated heterocycles. The number of rotatable bonds is 5. The molecule has 2 amide bonds. The lowest BCUT2D eigenvalue weighted by atomic mass is 10.1. The van der Waals surface area contributed by atoms with Gasteiger partial charge in [-0.3, -0.25) is 0 Å². The highest BCUT2D eigenvalue weighted by Gasteiger charge is 2.39. The van der Waals surface area contributed by atoms with Crippen LogP contribution in [0.25, 0.3) is 0 Å². The number of aliphatic hydroxyl groups excluding tert-OH is 1. The number of hydrogen-bond acceptors (Lipinski definition) is 3. The first kappa shape index (κ1) is 13.8. The fourth-order valence-electron chi connectivity index (χ4n) is 1.42. The van der Waals surface area contributed by atoms with Crippen LogP contribution in [0.5, 0.6) is 0 Å². The van der Waals surface area contributed by atoms with E-state index in [0.717, 1.165) is 12.8 Å². The minimum atomic E-state index is -1.00. The van der Waals surface area contributed by atoms with E-state index in [1.54, 1.807) is 13.8 Å². The van der Waals surface area contributed by atoms with Crippen LogP contribution in [0.3, 0.4) is 0 Å². The number of amides is 2. The number of hydrogen-bond donors (Lipinski definition) is 3. The Bertz CT molecular complexity index is 313. The molecule has 0 aromatic carbocycles. The number of nitrogens with one attached hydrogen (secondary N) is 1. The molecule has 0 bridgehead atoms. The lowest BCUT2D eigenvalue weighted by molar-refractivity contribution is -0.139. The van der Waals surface area contributed by atoms with E-state index in [0.29, 0.717) is 0 Å². The van der Waals surface area contributed by atoms with Crippen LogP contribution in [0.2, 0.25) is 0 Å². The summed E-state index contributed by atoms with van der Waals surface area (Å²) in [5.74, 6) is -0.960. The molecule has 1 rings (SSSR count). The van der Waals surface area contributed by atoms with Gasteiger partial charge in [-0.15, -0.1) is 0 Å². The topological polar surface area (TPSA) is 89.9 Å². The van der Waals surface area contributed by atoms with Gasteiger partial charge in [0, 0.05) is 7.05 Å². The van der Waals surface area contributed by atoms with E-state index in [2.05, 4.69) is 5.32 Å². The number of urea groups is 1. The van der Waals surface area contributed by atoms with Gasteiger partial charge in [0.2, 0.25) is 0 Å². The molecule has 0 aromatic heterocycles. The molecule has 0 aromatic rings. The third-order valence-corrected chi connectivity index (χ3v) is 3.24. The van der Waals surface area contributed by atoms with Crippen LogP contribution in [0.15, 0.2) is 0 Å². The van der Waals surface area contributed by atoms with Crippen molar-refractivity contribution in [1.29, 1.82) is 0 Å². The standard InChI is InChI=1S/C11H20N2O4/c1-11(2,6-14)13(3)10(17)12-8(9(15)16)7-4-5-7/h7-8,14H,4-6H2,1-3H3,(H,12,17)(H,15,16). The first-order valence-electron chi connectivity index (χ1n) is 5.67. The molecular formula is C11H20N2O4. The first-order valence-corrected chi connectivity index (χ1v) is 5.67. The van der Waals surface area contributed by atoms with Gasteiger partial charge in [0.1, 0.15) is 6.04 Å². The fraction of sp³-hybridized carbons (Fsp3) is 0.818. The lowest BCUT2D eigenvalue weighted by Gasteiger charge is -2.34. The van der Waals surface area contributed by atoms with Crippen LogP contribution in [-0.2, 0) is 4.79 Å². The van der Waals surface area contributed by atoms with Crippen LogP contribution >= 0.6 is 0 Å². The van der Waals surface area contributed by atoms with Gasteiger partial charge < -0.3 is 20.4 Å². The van der Waals surface area contributed by atoms with Crippen molar-refractivity contribution in [3.05, 3.63) is 0 Å². The van der Waals surface area contributed by atoms with E-state index in [9.17, 15) is 9.59 Å². The predicted octanol–water partition coefficient (Wildman–Crippen LogP) is 0.262. The molecule has 1 saturated carbocycles. The van der Waals surface area contributed by atoms with E-state index in [1.807, 2.05) is 0 Å². The van der Waals surface area contributed by atoms with Crippen LogP contribution in [0, 0.1) is 5.92 Å². The average molecular weight is 244 g/mol. The molecule has 1 atom stereocenters. The highest BCUT2D eigenvalue weighted by molar-refractivity contribution is 5.83. The quantitative estimate of drug-likeness (QED) is 0.647.